The van der Waals surface area contributed by atoms with Crippen LogP contribution in [0.15, 0.2) is 66.7 Å². The first-order valence-electron chi connectivity index (χ1n) is 17.9. The third kappa shape index (κ3) is 10.2. The van der Waals surface area contributed by atoms with Crippen molar-refractivity contribution >= 4 is 28.9 Å². The van der Waals surface area contributed by atoms with Gasteiger partial charge in [0.25, 0.3) is 5.91 Å². The monoisotopic (exact) mass is 715 g/mol. The lowest BCUT2D eigenvalue weighted by molar-refractivity contribution is -0.133. The predicted molar refractivity (Wildman–Crippen MR) is 198 cm³/mol. The molecule has 0 aliphatic carbocycles. The zero-order valence-electron chi connectivity index (χ0n) is 30.5. The van der Waals surface area contributed by atoms with Crippen molar-refractivity contribution in [1.82, 2.24) is 25.1 Å². The third-order valence-corrected chi connectivity index (χ3v) is 9.08. The highest BCUT2D eigenvalue weighted by atomic mass is 19.1. The Bertz CT molecular complexity index is 1840. The van der Waals surface area contributed by atoms with Gasteiger partial charge in [-0.15, -0.1) is 0 Å². The molecule has 3 aromatic carbocycles. The molecule has 1 fully saturated rings. The number of nitrogens with zero attached hydrogens (tertiary/aromatic N) is 3. The number of rotatable bonds is 14. The maximum atomic E-state index is 14.8. The molecule has 52 heavy (non-hydrogen) atoms. The van der Waals surface area contributed by atoms with Gasteiger partial charge < -0.3 is 34.7 Å². The highest BCUT2D eigenvalue weighted by Crippen LogP contribution is 2.30. The summed E-state index contributed by atoms with van der Waals surface area (Å²) in [5, 5.41) is 14.3. The number of alkyl carbamates (subject to hydrolysis) is 1. The van der Waals surface area contributed by atoms with Gasteiger partial charge in [-0.05, 0) is 87.4 Å². The molecule has 0 bridgehead atoms. The number of hydrogen-bond donors (Lipinski definition) is 3. The number of aryl methyl sites for hydroxylation is 1. The molecule has 3 N–H and O–H groups in total. The Labute approximate surface area is 304 Å². The van der Waals surface area contributed by atoms with Crippen LogP contribution in [-0.4, -0.2) is 89.1 Å². The van der Waals surface area contributed by atoms with Crippen LogP contribution in [0, 0.1) is 5.82 Å². The number of imidazole rings is 1. The van der Waals surface area contributed by atoms with Crippen LogP contribution < -0.4 is 10.6 Å². The second-order valence-electron chi connectivity index (χ2n) is 14.3. The Morgan fingerprint density at radius 1 is 1.06 bits per heavy atom. The van der Waals surface area contributed by atoms with Gasteiger partial charge in [-0.25, -0.2) is 14.2 Å². The first-order valence-corrected chi connectivity index (χ1v) is 17.9. The maximum absolute atomic E-state index is 14.8. The SMILES string of the molecule is COCCCn1c(C2CCCN(C(=O)CC(Cc3ccc(-c4ccc(C(=O)NCCO)c(F)c4)cc3)NC(=O)OC(C)(C)C)C2)nc2ccccc21. The minimum Gasteiger partial charge on any atom is -0.444 e. The van der Waals surface area contributed by atoms with Crippen LogP contribution >= 0.6 is 0 Å². The highest BCUT2D eigenvalue weighted by molar-refractivity contribution is 5.95. The van der Waals surface area contributed by atoms with Gasteiger partial charge >= 0.3 is 6.09 Å². The Kier molecular flexibility index (Phi) is 13.0. The lowest BCUT2D eigenvalue weighted by Crippen LogP contribution is -2.46. The topological polar surface area (TPSA) is 135 Å². The van der Waals surface area contributed by atoms with Crippen molar-refractivity contribution in [3.8, 4) is 11.1 Å². The summed E-state index contributed by atoms with van der Waals surface area (Å²) < 4.78 is 27.9. The van der Waals surface area contributed by atoms with E-state index in [1.54, 1.807) is 33.9 Å². The van der Waals surface area contributed by atoms with E-state index in [0.29, 0.717) is 31.7 Å². The number of carbonyl (C=O) groups excluding carboxylic acids is 3. The largest absolute Gasteiger partial charge is 0.444 e. The van der Waals surface area contributed by atoms with E-state index in [1.807, 2.05) is 47.4 Å². The molecule has 0 saturated carbocycles. The summed E-state index contributed by atoms with van der Waals surface area (Å²) in [6.07, 6.45) is 2.48. The van der Waals surface area contributed by atoms with E-state index in [0.717, 1.165) is 53.8 Å². The molecule has 1 saturated heterocycles. The lowest BCUT2D eigenvalue weighted by Gasteiger charge is -2.34. The number of halogens is 1. The molecule has 4 aromatic rings. The number of likely N-dealkylation sites (tertiary alicyclic amines) is 1. The predicted octanol–water partition coefficient (Wildman–Crippen LogP) is 5.83. The average Bonchev–Trinajstić information content (AvgIpc) is 3.48. The summed E-state index contributed by atoms with van der Waals surface area (Å²) in [6.45, 7) is 7.77. The number of aliphatic hydroxyl groups excluding tert-OH is 1. The third-order valence-electron chi connectivity index (χ3n) is 9.08. The van der Waals surface area contributed by atoms with Gasteiger partial charge in [0.2, 0.25) is 5.91 Å². The van der Waals surface area contributed by atoms with E-state index < -0.39 is 29.5 Å². The van der Waals surface area contributed by atoms with Crippen LogP contribution in [0.2, 0.25) is 0 Å². The van der Waals surface area contributed by atoms with Gasteiger partial charge in [0, 0.05) is 58.3 Å². The van der Waals surface area contributed by atoms with E-state index in [4.69, 9.17) is 19.6 Å². The van der Waals surface area contributed by atoms with Crippen LogP contribution in [0.1, 0.15) is 74.1 Å². The van der Waals surface area contributed by atoms with Crippen molar-refractivity contribution in [3.63, 3.8) is 0 Å². The summed E-state index contributed by atoms with van der Waals surface area (Å²) in [5.41, 5.74) is 3.41. The quantitative estimate of drug-likeness (QED) is 0.140. The van der Waals surface area contributed by atoms with Crippen LogP contribution in [0.5, 0.6) is 0 Å². The van der Waals surface area contributed by atoms with Crippen molar-refractivity contribution in [2.45, 2.75) is 77.0 Å². The number of aromatic nitrogens is 2. The van der Waals surface area contributed by atoms with Crippen molar-refractivity contribution in [2.75, 3.05) is 40.0 Å². The molecule has 3 amide bonds. The molecule has 2 unspecified atom stereocenters. The number of hydrogen-bond acceptors (Lipinski definition) is 7. The summed E-state index contributed by atoms with van der Waals surface area (Å²) in [5.74, 6) is -0.253. The molecule has 278 valence electrons. The zero-order valence-corrected chi connectivity index (χ0v) is 30.5. The summed E-state index contributed by atoms with van der Waals surface area (Å²) in [7, 11) is 1.70. The zero-order chi connectivity index (χ0) is 37.3. The molecule has 2 heterocycles. The van der Waals surface area contributed by atoms with Crippen LogP contribution in [-0.2, 0) is 27.2 Å². The van der Waals surface area contributed by atoms with E-state index in [-0.39, 0.29) is 37.0 Å². The van der Waals surface area contributed by atoms with E-state index in [2.05, 4.69) is 21.3 Å². The number of carbonyl (C=O) groups is 3. The van der Waals surface area contributed by atoms with Crippen LogP contribution in [0.3, 0.4) is 0 Å². The Morgan fingerprint density at radius 3 is 2.52 bits per heavy atom. The number of benzene rings is 3. The molecule has 11 nitrogen and oxygen atoms in total. The smallest absolute Gasteiger partial charge is 0.407 e. The normalized spacial score (nSPS) is 15.3. The van der Waals surface area contributed by atoms with E-state index >= 15 is 0 Å². The molecule has 1 aliphatic heterocycles. The van der Waals surface area contributed by atoms with Crippen LogP contribution in [0.4, 0.5) is 9.18 Å². The first-order chi connectivity index (χ1) is 25.0. The fraction of sp³-hybridized carbons (Fsp3) is 0.450. The van der Waals surface area contributed by atoms with Crippen LogP contribution in [0.25, 0.3) is 22.2 Å². The second-order valence-corrected chi connectivity index (χ2v) is 14.3. The molecule has 0 radical (unpaired) electrons. The number of para-hydroxylation sites is 2. The van der Waals surface area contributed by atoms with Gasteiger partial charge in [0.1, 0.15) is 17.2 Å². The molecule has 5 rings (SSSR count). The minimum absolute atomic E-state index is 0.0366. The van der Waals surface area contributed by atoms with E-state index in [9.17, 15) is 18.8 Å². The number of ether oxygens (including phenoxy) is 2. The minimum atomic E-state index is -0.709. The summed E-state index contributed by atoms with van der Waals surface area (Å²) in [4.78, 5) is 46.0. The Hall–Kier alpha value is -4.81. The van der Waals surface area contributed by atoms with E-state index in [1.165, 1.54) is 12.1 Å². The van der Waals surface area contributed by atoms with Crippen molar-refractivity contribution in [3.05, 3.63) is 89.5 Å². The molecule has 2 atom stereocenters. The fourth-order valence-corrected chi connectivity index (χ4v) is 6.67. The van der Waals surface area contributed by atoms with Crippen molar-refractivity contribution in [2.24, 2.45) is 0 Å². The van der Waals surface area contributed by atoms with Gasteiger partial charge in [0.15, 0.2) is 0 Å². The number of fused-ring (bicyclic) bond motifs is 1. The highest BCUT2D eigenvalue weighted by Gasteiger charge is 2.31. The lowest BCUT2D eigenvalue weighted by atomic mass is 9.95. The summed E-state index contributed by atoms with van der Waals surface area (Å²) in [6, 6.07) is 19.4. The molecular formula is C40H50FN5O6. The van der Waals surface area contributed by atoms with Gasteiger partial charge in [-0.3, -0.25) is 9.59 Å². The molecule has 12 heteroatoms. The maximum Gasteiger partial charge on any atom is 0.407 e. The van der Waals surface area contributed by atoms with Crippen molar-refractivity contribution in [1.29, 1.82) is 0 Å². The number of amides is 3. The standard InChI is InChI=1S/C40H50FN5O6/c1-40(2,3)52-39(50)43-31(23-27-12-14-28(15-13-27)29-16-17-32(33(41)24-29)38(49)42-18-21-47)25-36(48)45-19-7-9-30(26-45)37-44-34-10-5-6-11-35(34)46(37)20-8-22-51-4/h5-6,10-17,24,30-31,47H,7-9,18-23,25-26H2,1-4H3,(H,42,49)(H,43,50). The van der Waals surface area contributed by atoms with Gasteiger partial charge in [0.05, 0.1) is 23.2 Å². The van der Waals surface area contributed by atoms with Gasteiger partial charge in [-0.2, -0.15) is 0 Å². The first kappa shape index (κ1) is 38.4. The number of piperidine rings is 1. The average molecular weight is 716 g/mol. The number of nitrogens with one attached hydrogen (secondary N) is 2. The fourth-order valence-electron chi connectivity index (χ4n) is 6.67. The molecular weight excluding hydrogens is 665 g/mol. The van der Waals surface area contributed by atoms with Gasteiger partial charge in [-0.1, -0.05) is 42.5 Å². The molecule has 1 aromatic heterocycles. The molecule has 0 spiro atoms. The van der Waals surface area contributed by atoms with Crippen molar-refractivity contribution < 1.29 is 33.4 Å². The Morgan fingerprint density at radius 2 is 1.81 bits per heavy atom. The second kappa shape index (κ2) is 17.6. The summed E-state index contributed by atoms with van der Waals surface area (Å²) >= 11 is 0. The molecule has 1 aliphatic rings. The number of methoxy groups -OCH3 is 1. The number of aliphatic hydroxyl groups is 1. The Balaban J connectivity index is 1.30.